The van der Waals surface area contributed by atoms with Gasteiger partial charge in [0.1, 0.15) is 11.6 Å². The maximum absolute atomic E-state index is 12.5. The number of nitrogens with two attached hydrogens (primary N) is 1. The number of nitrogen functional groups attached to an aromatic ring is 1. The fourth-order valence-electron chi connectivity index (χ4n) is 3.72. The number of hydrogen-bond donors (Lipinski definition) is 2. The Balaban J connectivity index is 1.23. The second kappa shape index (κ2) is 11.2. The Kier molecular flexibility index (Phi) is 7.87. The Hall–Kier alpha value is -3.01. The van der Waals surface area contributed by atoms with Crippen LogP contribution in [-0.2, 0) is 11.2 Å². The van der Waals surface area contributed by atoms with Crippen molar-refractivity contribution >= 4 is 28.2 Å². The molecule has 3 heterocycles. The summed E-state index contributed by atoms with van der Waals surface area (Å²) < 4.78 is 5.93. The number of anilines is 2. The summed E-state index contributed by atoms with van der Waals surface area (Å²) >= 11 is 1.38. The Morgan fingerprint density at radius 1 is 1.21 bits per heavy atom. The van der Waals surface area contributed by atoms with Crippen LogP contribution in [0.15, 0.2) is 48.0 Å². The number of likely N-dealkylation sites (N-methyl/N-ethyl adjacent to an activating group) is 1. The number of ether oxygens (including phenoxy) is 1. The molecule has 1 aromatic carbocycles. The molecule has 8 nitrogen and oxygen atoms in total. The lowest BCUT2D eigenvalue weighted by Crippen LogP contribution is -2.44. The lowest BCUT2D eigenvalue weighted by molar-refractivity contribution is -0.115. The molecule has 0 unspecified atom stereocenters. The Morgan fingerprint density at radius 2 is 2.06 bits per heavy atom. The number of hydrogen-bond acceptors (Lipinski definition) is 8. The summed E-state index contributed by atoms with van der Waals surface area (Å²) in [6, 6.07) is 11.3. The van der Waals surface area contributed by atoms with Crippen molar-refractivity contribution in [2.75, 3.05) is 57.4 Å². The quantitative estimate of drug-likeness (QED) is 0.468. The van der Waals surface area contributed by atoms with Gasteiger partial charge in [-0.05, 0) is 43.3 Å². The number of rotatable bonds is 9. The van der Waals surface area contributed by atoms with Crippen LogP contribution in [0.5, 0.6) is 5.75 Å². The zero-order valence-electron chi connectivity index (χ0n) is 18.9. The molecule has 1 aliphatic heterocycles. The van der Waals surface area contributed by atoms with Crippen molar-refractivity contribution in [2.24, 2.45) is 0 Å². The first-order chi connectivity index (χ1) is 16.0. The maximum Gasteiger partial charge on any atom is 0.230 e. The molecule has 2 aromatic heterocycles. The van der Waals surface area contributed by atoms with E-state index in [2.05, 4.69) is 32.1 Å². The zero-order valence-corrected chi connectivity index (χ0v) is 19.7. The number of carbonyl (C=O) groups excluding carboxylic acids is 1. The van der Waals surface area contributed by atoms with Crippen LogP contribution in [0.1, 0.15) is 12.0 Å². The number of nitrogens with zero attached hydrogens (tertiary/aromatic N) is 4. The van der Waals surface area contributed by atoms with Crippen molar-refractivity contribution in [1.82, 2.24) is 19.8 Å². The summed E-state index contributed by atoms with van der Waals surface area (Å²) in [7, 11) is 2.17. The lowest BCUT2D eigenvalue weighted by Gasteiger charge is -2.32. The first-order valence-corrected chi connectivity index (χ1v) is 12.0. The van der Waals surface area contributed by atoms with E-state index in [1.807, 2.05) is 35.7 Å². The molecule has 9 heteroatoms. The first-order valence-electron chi connectivity index (χ1n) is 11.1. The molecule has 3 aromatic rings. The van der Waals surface area contributed by atoms with Gasteiger partial charge in [0.15, 0.2) is 5.13 Å². The second-order valence-corrected chi connectivity index (χ2v) is 9.08. The van der Waals surface area contributed by atoms with Crippen molar-refractivity contribution in [3.8, 4) is 17.0 Å². The highest BCUT2D eigenvalue weighted by Crippen LogP contribution is 2.25. The topological polar surface area (TPSA) is 96.6 Å². The SMILES string of the molecule is CN1CCN(CCCOc2cccc(CC(=O)Nc3nc(-c4ccnc(N)c4)cs3)c2)CC1. The van der Waals surface area contributed by atoms with Crippen LogP contribution in [-0.4, -0.2) is 72.1 Å². The van der Waals surface area contributed by atoms with E-state index in [1.165, 1.54) is 11.3 Å². The van der Waals surface area contributed by atoms with E-state index in [0.717, 1.165) is 61.7 Å². The van der Waals surface area contributed by atoms with Gasteiger partial charge in [-0.25, -0.2) is 9.97 Å². The van der Waals surface area contributed by atoms with Gasteiger partial charge in [0.05, 0.1) is 18.7 Å². The van der Waals surface area contributed by atoms with E-state index in [9.17, 15) is 4.79 Å². The number of aromatic nitrogens is 2. The standard InChI is InChI=1S/C24H30N6O2S/c1-29-9-11-30(12-10-29)8-3-13-32-20-5-2-4-18(14-20)15-23(31)28-24-27-21(17-33-24)19-6-7-26-22(25)16-19/h2,4-7,14,16-17H,3,8-13,15H2,1H3,(H2,25,26)(H,27,28,31). The highest BCUT2D eigenvalue weighted by molar-refractivity contribution is 7.14. The Morgan fingerprint density at radius 3 is 2.88 bits per heavy atom. The predicted octanol–water partition coefficient (Wildman–Crippen LogP) is 2.98. The van der Waals surface area contributed by atoms with E-state index in [4.69, 9.17) is 10.5 Å². The van der Waals surface area contributed by atoms with E-state index in [-0.39, 0.29) is 12.3 Å². The maximum atomic E-state index is 12.5. The molecule has 0 bridgehead atoms. The fraction of sp³-hybridized carbons (Fsp3) is 0.375. The van der Waals surface area contributed by atoms with Gasteiger partial charge in [-0.3, -0.25) is 4.79 Å². The van der Waals surface area contributed by atoms with Gasteiger partial charge in [-0.2, -0.15) is 0 Å². The average Bonchev–Trinajstić information content (AvgIpc) is 3.26. The van der Waals surface area contributed by atoms with Crippen molar-refractivity contribution in [3.63, 3.8) is 0 Å². The van der Waals surface area contributed by atoms with Crippen LogP contribution in [0.4, 0.5) is 10.9 Å². The fourth-order valence-corrected chi connectivity index (χ4v) is 4.45. The summed E-state index contributed by atoms with van der Waals surface area (Å²) in [5.74, 6) is 1.12. The second-order valence-electron chi connectivity index (χ2n) is 8.23. The molecule has 33 heavy (non-hydrogen) atoms. The zero-order chi connectivity index (χ0) is 23.0. The molecule has 1 amide bonds. The van der Waals surface area contributed by atoms with E-state index < -0.39 is 0 Å². The van der Waals surface area contributed by atoms with Crippen LogP contribution in [0, 0.1) is 0 Å². The number of nitrogens with one attached hydrogen (secondary N) is 1. The van der Waals surface area contributed by atoms with Crippen molar-refractivity contribution in [3.05, 3.63) is 53.5 Å². The number of pyridine rings is 1. The molecule has 3 N–H and O–H groups in total. The van der Waals surface area contributed by atoms with Crippen LogP contribution in [0.3, 0.4) is 0 Å². The summed E-state index contributed by atoms with van der Waals surface area (Å²) in [6.07, 6.45) is 2.89. The Bertz CT molecular complexity index is 1060. The van der Waals surface area contributed by atoms with Crippen LogP contribution >= 0.6 is 11.3 Å². The van der Waals surface area contributed by atoms with Gasteiger partial charge in [0.25, 0.3) is 0 Å². The highest BCUT2D eigenvalue weighted by Gasteiger charge is 2.13. The van der Waals surface area contributed by atoms with E-state index >= 15 is 0 Å². The summed E-state index contributed by atoms with van der Waals surface area (Å²) in [5, 5.41) is 5.33. The minimum absolute atomic E-state index is 0.114. The van der Waals surface area contributed by atoms with Gasteiger partial charge in [0, 0.05) is 49.9 Å². The third kappa shape index (κ3) is 6.98. The number of carbonyl (C=O) groups is 1. The molecular weight excluding hydrogens is 436 g/mol. The minimum atomic E-state index is -0.114. The normalized spacial score (nSPS) is 14.8. The largest absolute Gasteiger partial charge is 0.494 e. The van der Waals surface area contributed by atoms with Gasteiger partial charge >= 0.3 is 0 Å². The minimum Gasteiger partial charge on any atom is -0.494 e. The molecule has 0 saturated carbocycles. The molecular formula is C24H30N6O2S. The molecule has 0 radical (unpaired) electrons. The lowest BCUT2D eigenvalue weighted by atomic mass is 10.1. The third-order valence-electron chi connectivity index (χ3n) is 5.57. The number of amides is 1. The predicted molar refractivity (Wildman–Crippen MR) is 133 cm³/mol. The highest BCUT2D eigenvalue weighted by atomic mass is 32.1. The van der Waals surface area contributed by atoms with Gasteiger partial charge in [0.2, 0.25) is 5.91 Å². The molecule has 1 saturated heterocycles. The molecule has 0 spiro atoms. The molecule has 4 rings (SSSR count). The smallest absolute Gasteiger partial charge is 0.230 e. The Labute approximate surface area is 198 Å². The molecule has 1 aliphatic rings. The van der Waals surface area contributed by atoms with Gasteiger partial charge < -0.3 is 25.6 Å². The first kappa shape index (κ1) is 23.2. The van der Waals surface area contributed by atoms with Crippen molar-refractivity contribution in [1.29, 1.82) is 0 Å². The summed E-state index contributed by atoms with van der Waals surface area (Å²) in [4.78, 5) is 25.8. The van der Waals surface area contributed by atoms with Gasteiger partial charge in [-0.15, -0.1) is 11.3 Å². The van der Waals surface area contributed by atoms with Crippen molar-refractivity contribution in [2.45, 2.75) is 12.8 Å². The van der Waals surface area contributed by atoms with Crippen LogP contribution in [0.2, 0.25) is 0 Å². The average molecular weight is 467 g/mol. The van der Waals surface area contributed by atoms with Gasteiger partial charge in [-0.1, -0.05) is 12.1 Å². The van der Waals surface area contributed by atoms with E-state index in [1.54, 1.807) is 12.3 Å². The molecule has 0 atom stereocenters. The monoisotopic (exact) mass is 466 g/mol. The van der Waals surface area contributed by atoms with Crippen LogP contribution < -0.4 is 15.8 Å². The summed E-state index contributed by atoms with van der Waals surface area (Å²) in [5.41, 5.74) is 8.28. The molecule has 174 valence electrons. The van der Waals surface area contributed by atoms with Crippen molar-refractivity contribution < 1.29 is 9.53 Å². The number of thiazole rings is 1. The third-order valence-corrected chi connectivity index (χ3v) is 6.33. The summed E-state index contributed by atoms with van der Waals surface area (Å²) in [6.45, 7) is 6.23. The van der Waals surface area contributed by atoms with E-state index in [0.29, 0.717) is 17.6 Å². The van der Waals surface area contributed by atoms with Crippen LogP contribution in [0.25, 0.3) is 11.3 Å². The molecule has 0 aliphatic carbocycles. The number of benzene rings is 1. The molecule has 1 fully saturated rings. The number of piperazine rings is 1.